The zero-order valence-corrected chi connectivity index (χ0v) is 12.7. The van der Waals surface area contributed by atoms with E-state index in [4.69, 9.17) is 4.42 Å². The summed E-state index contributed by atoms with van der Waals surface area (Å²) in [5.74, 6) is 1.30. The third-order valence-corrected chi connectivity index (χ3v) is 4.14. The molecule has 0 aliphatic heterocycles. The average Bonchev–Trinajstić information content (AvgIpc) is 2.91. The second-order valence-corrected chi connectivity index (χ2v) is 6.21. The van der Waals surface area contributed by atoms with Crippen molar-refractivity contribution in [3.8, 4) is 0 Å². The van der Waals surface area contributed by atoms with Crippen molar-refractivity contribution in [2.24, 2.45) is 5.92 Å². The number of fused-ring (bicyclic) bond motifs is 1. The average molecular weight is 286 g/mol. The van der Waals surface area contributed by atoms with E-state index in [2.05, 4.69) is 24.1 Å². The van der Waals surface area contributed by atoms with Crippen LogP contribution in [0.1, 0.15) is 57.8 Å². The van der Waals surface area contributed by atoms with E-state index in [1.54, 1.807) is 0 Å². The molecule has 1 heterocycles. The topological polar surface area (TPSA) is 55.1 Å². The van der Waals surface area contributed by atoms with E-state index in [0.29, 0.717) is 0 Å². The third-order valence-electron chi connectivity index (χ3n) is 4.14. The highest BCUT2D eigenvalue weighted by atomic mass is 16.3. The van der Waals surface area contributed by atoms with E-state index >= 15 is 0 Å². The molecule has 4 nitrogen and oxygen atoms in total. The molecular formula is C17H22N2O2. The first kappa shape index (κ1) is 14.1. The van der Waals surface area contributed by atoms with Crippen LogP contribution in [-0.2, 0) is 4.79 Å². The molecule has 0 spiro atoms. The van der Waals surface area contributed by atoms with E-state index in [-0.39, 0.29) is 17.7 Å². The third kappa shape index (κ3) is 3.09. The normalized spacial score (nSPS) is 16.5. The Morgan fingerprint density at radius 2 is 2.05 bits per heavy atom. The Labute approximate surface area is 124 Å². The second-order valence-electron chi connectivity index (χ2n) is 6.21. The molecule has 1 aromatic carbocycles. The molecule has 1 saturated carbocycles. The number of hydrogen-bond acceptors (Lipinski definition) is 3. The van der Waals surface area contributed by atoms with Gasteiger partial charge in [0.1, 0.15) is 5.52 Å². The minimum atomic E-state index is 0.137. The van der Waals surface area contributed by atoms with Crippen LogP contribution in [-0.4, -0.2) is 10.9 Å². The van der Waals surface area contributed by atoms with Crippen LogP contribution >= 0.6 is 0 Å². The molecule has 21 heavy (non-hydrogen) atoms. The minimum Gasteiger partial charge on any atom is -0.440 e. The fraction of sp³-hybridized carbons (Fsp3) is 0.529. The van der Waals surface area contributed by atoms with Gasteiger partial charge in [-0.2, -0.15) is 0 Å². The number of hydrogen-bond donors (Lipinski definition) is 1. The van der Waals surface area contributed by atoms with Gasteiger partial charge in [0, 0.05) is 23.6 Å². The Morgan fingerprint density at radius 3 is 2.76 bits per heavy atom. The molecule has 1 amide bonds. The van der Waals surface area contributed by atoms with E-state index < -0.39 is 0 Å². The van der Waals surface area contributed by atoms with E-state index in [1.807, 2.05) is 18.2 Å². The molecular weight excluding hydrogens is 264 g/mol. The van der Waals surface area contributed by atoms with Gasteiger partial charge in [0.25, 0.3) is 0 Å². The highest BCUT2D eigenvalue weighted by Gasteiger charge is 2.21. The molecule has 1 aromatic heterocycles. The Kier molecular flexibility index (Phi) is 3.95. The lowest BCUT2D eigenvalue weighted by Crippen LogP contribution is -2.24. The van der Waals surface area contributed by atoms with Gasteiger partial charge in [0.05, 0.1) is 0 Å². The molecule has 0 radical (unpaired) electrons. The quantitative estimate of drug-likeness (QED) is 0.905. The number of amides is 1. The summed E-state index contributed by atoms with van der Waals surface area (Å²) in [4.78, 5) is 16.7. The van der Waals surface area contributed by atoms with Crippen molar-refractivity contribution >= 4 is 22.7 Å². The maximum absolute atomic E-state index is 12.3. The van der Waals surface area contributed by atoms with Crippen LogP contribution in [0.2, 0.25) is 0 Å². The monoisotopic (exact) mass is 286 g/mol. The highest BCUT2D eigenvalue weighted by Crippen LogP contribution is 2.27. The van der Waals surface area contributed by atoms with Gasteiger partial charge in [0.15, 0.2) is 11.5 Å². The first-order chi connectivity index (χ1) is 10.1. The van der Waals surface area contributed by atoms with Crippen LogP contribution < -0.4 is 5.32 Å². The summed E-state index contributed by atoms with van der Waals surface area (Å²) < 4.78 is 5.73. The smallest absolute Gasteiger partial charge is 0.227 e. The summed E-state index contributed by atoms with van der Waals surface area (Å²) in [6.07, 6.45) is 5.60. The van der Waals surface area contributed by atoms with Gasteiger partial charge in [-0.15, -0.1) is 0 Å². The number of benzene rings is 1. The van der Waals surface area contributed by atoms with Crippen molar-refractivity contribution in [2.75, 3.05) is 5.32 Å². The standard InChI is InChI=1S/C17H22N2O2/c1-11(2)17-19-14-9-8-13(10-15(14)21-17)18-16(20)12-6-4-3-5-7-12/h8-12H,3-7H2,1-2H3,(H,18,20). The van der Waals surface area contributed by atoms with Crippen LogP contribution in [0.3, 0.4) is 0 Å². The van der Waals surface area contributed by atoms with Crippen molar-refractivity contribution in [3.05, 3.63) is 24.1 Å². The van der Waals surface area contributed by atoms with Gasteiger partial charge >= 0.3 is 0 Å². The van der Waals surface area contributed by atoms with Gasteiger partial charge in [-0.1, -0.05) is 33.1 Å². The molecule has 4 heteroatoms. The molecule has 0 bridgehead atoms. The van der Waals surface area contributed by atoms with Crippen molar-refractivity contribution in [1.82, 2.24) is 4.98 Å². The Bertz CT molecular complexity index is 639. The van der Waals surface area contributed by atoms with Crippen molar-refractivity contribution < 1.29 is 9.21 Å². The summed E-state index contributed by atoms with van der Waals surface area (Å²) in [5, 5.41) is 3.02. The van der Waals surface area contributed by atoms with E-state index in [0.717, 1.165) is 48.4 Å². The van der Waals surface area contributed by atoms with E-state index in [1.165, 1.54) is 6.42 Å². The zero-order valence-electron chi connectivity index (χ0n) is 12.7. The summed E-state index contributed by atoms with van der Waals surface area (Å²) in [6.45, 7) is 4.10. The number of rotatable bonds is 3. The zero-order chi connectivity index (χ0) is 14.8. The SMILES string of the molecule is CC(C)c1nc2ccc(NC(=O)C3CCCCC3)cc2o1. The Morgan fingerprint density at radius 1 is 1.29 bits per heavy atom. The van der Waals surface area contributed by atoms with Crippen LogP contribution in [0, 0.1) is 5.92 Å². The lowest BCUT2D eigenvalue weighted by molar-refractivity contribution is -0.120. The van der Waals surface area contributed by atoms with Crippen molar-refractivity contribution in [2.45, 2.75) is 51.9 Å². The van der Waals surface area contributed by atoms with Crippen LogP contribution in [0.5, 0.6) is 0 Å². The Hall–Kier alpha value is -1.84. The largest absolute Gasteiger partial charge is 0.440 e. The van der Waals surface area contributed by atoms with Gasteiger partial charge in [-0.25, -0.2) is 4.98 Å². The minimum absolute atomic E-state index is 0.137. The maximum Gasteiger partial charge on any atom is 0.227 e. The maximum atomic E-state index is 12.3. The summed E-state index contributed by atoms with van der Waals surface area (Å²) >= 11 is 0. The number of nitrogens with zero attached hydrogens (tertiary/aromatic N) is 1. The van der Waals surface area contributed by atoms with Gasteiger partial charge in [-0.3, -0.25) is 4.79 Å². The molecule has 0 saturated heterocycles. The fourth-order valence-electron chi connectivity index (χ4n) is 2.88. The lowest BCUT2D eigenvalue weighted by Gasteiger charge is -2.20. The van der Waals surface area contributed by atoms with Gasteiger partial charge in [0.2, 0.25) is 5.91 Å². The summed E-state index contributed by atoms with van der Waals surface area (Å²) in [5.41, 5.74) is 2.37. The van der Waals surface area contributed by atoms with Crippen LogP contribution in [0.25, 0.3) is 11.1 Å². The lowest BCUT2D eigenvalue weighted by atomic mass is 9.88. The molecule has 1 fully saturated rings. The predicted octanol–water partition coefficient (Wildman–Crippen LogP) is 4.47. The van der Waals surface area contributed by atoms with Gasteiger partial charge < -0.3 is 9.73 Å². The molecule has 1 aliphatic rings. The number of aromatic nitrogens is 1. The number of nitrogens with one attached hydrogen (secondary N) is 1. The van der Waals surface area contributed by atoms with E-state index in [9.17, 15) is 4.79 Å². The Balaban J connectivity index is 1.75. The molecule has 3 rings (SSSR count). The number of carbonyl (C=O) groups excluding carboxylic acids is 1. The molecule has 1 N–H and O–H groups in total. The molecule has 0 unspecified atom stereocenters. The summed E-state index contributed by atoms with van der Waals surface area (Å²) in [7, 11) is 0. The molecule has 2 aromatic rings. The van der Waals surface area contributed by atoms with Crippen molar-refractivity contribution in [3.63, 3.8) is 0 Å². The molecule has 1 aliphatic carbocycles. The number of oxazole rings is 1. The fourth-order valence-corrected chi connectivity index (χ4v) is 2.88. The number of anilines is 1. The van der Waals surface area contributed by atoms with Crippen LogP contribution in [0.15, 0.2) is 22.6 Å². The van der Waals surface area contributed by atoms with Crippen LogP contribution in [0.4, 0.5) is 5.69 Å². The number of carbonyl (C=O) groups is 1. The highest BCUT2D eigenvalue weighted by molar-refractivity contribution is 5.94. The second kappa shape index (κ2) is 5.88. The summed E-state index contributed by atoms with van der Waals surface area (Å²) in [6, 6.07) is 5.67. The van der Waals surface area contributed by atoms with Gasteiger partial charge in [-0.05, 0) is 25.0 Å². The van der Waals surface area contributed by atoms with Crippen molar-refractivity contribution in [1.29, 1.82) is 0 Å². The molecule has 0 atom stereocenters. The first-order valence-electron chi connectivity index (χ1n) is 7.85. The first-order valence-corrected chi connectivity index (χ1v) is 7.85. The molecule has 112 valence electrons. The predicted molar refractivity (Wildman–Crippen MR) is 83.3 cm³/mol.